The molecule has 1 aliphatic carbocycles. The molecule has 126 valence electrons. The van der Waals surface area contributed by atoms with Gasteiger partial charge in [0.1, 0.15) is 11.9 Å². The lowest BCUT2D eigenvalue weighted by atomic mass is 10.0. The van der Waals surface area contributed by atoms with Gasteiger partial charge in [-0.3, -0.25) is 9.69 Å². The number of nitrogens with zero attached hydrogens (tertiary/aromatic N) is 1. The number of likely N-dealkylation sites (N-methyl/N-ethyl adjacent to an activating group) is 1. The number of halogens is 2. The fourth-order valence-electron chi connectivity index (χ4n) is 2.73. The van der Waals surface area contributed by atoms with Gasteiger partial charge in [0.2, 0.25) is 5.91 Å². The van der Waals surface area contributed by atoms with E-state index in [9.17, 15) is 9.18 Å². The lowest BCUT2D eigenvalue weighted by Crippen LogP contribution is -2.39. The molecule has 0 heterocycles. The molecule has 1 aliphatic rings. The van der Waals surface area contributed by atoms with Crippen molar-refractivity contribution in [3.8, 4) is 0 Å². The van der Waals surface area contributed by atoms with E-state index >= 15 is 0 Å². The third-order valence-electron chi connectivity index (χ3n) is 4.14. The van der Waals surface area contributed by atoms with Crippen LogP contribution in [0.1, 0.15) is 30.0 Å². The smallest absolute Gasteiger partial charge is 0.242 e. The third kappa shape index (κ3) is 4.34. The van der Waals surface area contributed by atoms with Crippen molar-refractivity contribution in [3.63, 3.8) is 0 Å². The topological polar surface area (TPSA) is 32.3 Å². The molecule has 1 amide bonds. The zero-order valence-electron chi connectivity index (χ0n) is 13.5. The number of nitrogens with one attached hydrogen (secondary N) is 1. The van der Waals surface area contributed by atoms with E-state index in [1.165, 1.54) is 12.1 Å². The standard InChI is InChI=1S/C19H20ClFN2O/c1-23(12-13-2-6-15(20)7-3-13)18(19(24)22-17-10-11-17)14-4-8-16(21)9-5-14/h2-9,17-18H,10-12H2,1H3,(H,22,24). The Kier molecular flexibility index (Phi) is 5.17. The Balaban J connectivity index is 1.80. The van der Waals surface area contributed by atoms with Gasteiger partial charge < -0.3 is 5.32 Å². The normalized spacial score (nSPS) is 15.3. The van der Waals surface area contributed by atoms with Crippen molar-refractivity contribution in [1.29, 1.82) is 0 Å². The molecule has 0 radical (unpaired) electrons. The van der Waals surface area contributed by atoms with Crippen molar-refractivity contribution in [2.75, 3.05) is 7.05 Å². The van der Waals surface area contributed by atoms with Gasteiger partial charge in [-0.25, -0.2) is 4.39 Å². The molecule has 1 atom stereocenters. The van der Waals surface area contributed by atoms with Crippen LogP contribution in [0, 0.1) is 5.82 Å². The fourth-order valence-corrected chi connectivity index (χ4v) is 2.85. The van der Waals surface area contributed by atoms with Gasteiger partial charge in [0, 0.05) is 17.6 Å². The first-order valence-electron chi connectivity index (χ1n) is 8.03. The Morgan fingerprint density at radius 3 is 2.42 bits per heavy atom. The van der Waals surface area contributed by atoms with Gasteiger partial charge in [0.15, 0.2) is 0 Å². The molecular formula is C19H20ClFN2O. The predicted octanol–water partition coefficient (Wildman–Crippen LogP) is 3.93. The van der Waals surface area contributed by atoms with Crippen LogP contribution >= 0.6 is 11.6 Å². The molecule has 0 saturated heterocycles. The number of benzene rings is 2. The first-order chi connectivity index (χ1) is 11.5. The van der Waals surface area contributed by atoms with Crippen LogP contribution in [0.15, 0.2) is 48.5 Å². The van der Waals surface area contributed by atoms with Crippen LogP contribution < -0.4 is 5.32 Å². The van der Waals surface area contributed by atoms with Crippen molar-refractivity contribution >= 4 is 17.5 Å². The molecule has 1 N–H and O–H groups in total. The molecule has 24 heavy (non-hydrogen) atoms. The molecule has 1 saturated carbocycles. The predicted molar refractivity (Wildman–Crippen MR) is 93.2 cm³/mol. The summed E-state index contributed by atoms with van der Waals surface area (Å²) < 4.78 is 13.2. The molecule has 1 fully saturated rings. The Labute approximate surface area is 146 Å². The Morgan fingerprint density at radius 1 is 1.21 bits per heavy atom. The van der Waals surface area contributed by atoms with E-state index in [2.05, 4.69) is 5.32 Å². The van der Waals surface area contributed by atoms with Crippen molar-refractivity contribution in [1.82, 2.24) is 10.2 Å². The number of hydrogen-bond donors (Lipinski definition) is 1. The van der Waals surface area contributed by atoms with Gasteiger partial charge in [-0.1, -0.05) is 35.9 Å². The first-order valence-corrected chi connectivity index (χ1v) is 8.41. The maximum absolute atomic E-state index is 13.2. The third-order valence-corrected chi connectivity index (χ3v) is 4.40. The molecule has 2 aromatic carbocycles. The SMILES string of the molecule is CN(Cc1ccc(Cl)cc1)C(C(=O)NC1CC1)c1ccc(F)cc1. The number of carbonyl (C=O) groups excluding carboxylic acids is 1. The molecule has 2 aromatic rings. The quantitative estimate of drug-likeness (QED) is 0.859. The molecule has 3 rings (SSSR count). The van der Waals surface area contributed by atoms with E-state index in [1.54, 1.807) is 12.1 Å². The Hall–Kier alpha value is -1.91. The highest BCUT2D eigenvalue weighted by Crippen LogP contribution is 2.25. The lowest BCUT2D eigenvalue weighted by Gasteiger charge is -2.27. The minimum atomic E-state index is -0.457. The average Bonchev–Trinajstić information content (AvgIpc) is 3.36. The number of carbonyl (C=O) groups is 1. The van der Waals surface area contributed by atoms with Crippen LogP contribution in [0.25, 0.3) is 0 Å². The van der Waals surface area contributed by atoms with E-state index in [1.807, 2.05) is 36.2 Å². The molecule has 5 heteroatoms. The molecule has 1 unspecified atom stereocenters. The molecule has 0 spiro atoms. The number of hydrogen-bond acceptors (Lipinski definition) is 2. The number of amides is 1. The molecule has 0 aromatic heterocycles. The monoisotopic (exact) mass is 346 g/mol. The first kappa shape index (κ1) is 16.9. The van der Waals surface area contributed by atoms with Gasteiger partial charge in [-0.05, 0) is 55.3 Å². The molecule has 0 bridgehead atoms. The lowest BCUT2D eigenvalue weighted by molar-refractivity contribution is -0.126. The van der Waals surface area contributed by atoms with Crippen LogP contribution in [0.5, 0.6) is 0 Å². The highest BCUT2D eigenvalue weighted by molar-refractivity contribution is 6.30. The summed E-state index contributed by atoms with van der Waals surface area (Å²) in [5.41, 5.74) is 1.85. The average molecular weight is 347 g/mol. The van der Waals surface area contributed by atoms with Crippen LogP contribution in [0.2, 0.25) is 5.02 Å². The summed E-state index contributed by atoms with van der Waals surface area (Å²) in [6.07, 6.45) is 2.06. The Morgan fingerprint density at radius 2 is 1.83 bits per heavy atom. The van der Waals surface area contributed by atoms with Crippen LogP contribution in [0.3, 0.4) is 0 Å². The van der Waals surface area contributed by atoms with Gasteiger partial charge in [-0.2, -0.15) is 0 Å². The van der Waals surface area contributed by atoms with Crippen molar-refractivity contribution in [2.24, 2.45) is 0 Å². The number of rotatable bonds is 6. The van der Waals surface area contributed by atoms with Gasteiger partial charge in [0.05, 0.1) is 0 Å². The summed E-state index contributed by atoms with van der Waals surface area (Å²) in [5, 5.41) is 3.73. The largest absolute Gasteiger partial charge is 0.352 e. The second-order valence-electron chi connectivity index (χ2n) is 6.28. The van der Waals surface area contributed by atoms with Crippen molar-refractivity contribution in [2.45, 2.75) is 31.5 Å². The zero-order valence-corrected chi connectivity index (χ0v) is 14.3. The summed E-state index contributed by atoms with van der Waals surface area (Å²) in [5.74, 6) is -0.346. The summed E-state index contributed by atoms with van der Waals surface area (Å²) >= 11 is 5.92. The fraction of sp³-hybridized carbons (Fsp3) is 0.316. The van der Waals surface area contributed by atoms with E-state index in [-0.39, 0.29) is 17.8 Å². The van der Waals surface area contributed by atoms with Crippen molar-refractivity contribution < 1.29 is 9.18 Å². The summed E-state index contributed by atoms with van der Waals surface area (Å²) in [6, 6.07) is 13.5. The Bertz CT molecular complexity index is 698. The summed E-state index contributed by atoms with van der Waals surface area (Å²) in [7, 11) is 1.90. The summed E-state index contributed by atoms with van der Waals surface area (Å²) in [6.45, 7) is 0.595. The van der Waals surface area contributed by atoms with Crippen LogP contribution in [0.4, 0.5) is 4.39 Å². The van der Waals surface area contributed by atoms with Crippen LogP contribution in [-0.4, -0.2) is 23.9 Å². The van der Waals surface area contributed by atoms with Gasteiger partial charge >= 0.3 is 0 Å². The molecule has 0 aliphatic heterocycles. The molecular weight excluding hydrogens is 327 g/mol. The maximum Gasteiger partial charge on any atom is 0.242 e. The van der Waals surface area contributed by atoms with E-state index in [0.29, 0.717) is 11.6 Å². The van der Waals surface area contributed by atoms with E-state index in [4.69, 9.17) is 11.6 Å². The highest BCUT2D eigenvalue weighted by atomic mass is 35.5. The maximum atomic E-state index is 13.2. The summed E-state index contributed by atoms with van der Waals surface area (Å²) in [4.78, 5) is 14.7. The second kappa shape index (κ2) is 7.32. The second-order valence-corrected chi connectivity index (χ2v) is 6.71. The van der Waals surface area contributed by atoms with Gasteiger partial charge in [0.25, 0.3) is 0 Å². The van der Waals surface area contributed by atoms with Gasteiger partial charge in [-0.15, -0.1) is 0 Å². The van der Waals surface area contributed by atoms with Crippen molar-refractivity contribution in [3.05, 3.63) is 70.5 Å². The van der Waals surface area contributed by atoms with E-state index < -0.39 is 6.04 Å². The minimum absolute atomic E-state index is 0.0411. The van der Waals surface area contributed by atoms with Crippen LogP contribution in [-0.2, 0) is 11.3 Å². The van der Waals surface area contributed by atoms with E-state index in [0.717, 1.165) is 24.0 Å². The highest BCUT2D eigenvalue weighted by Gasteiger charge is 2.30. The zero-order chi connectivity index (χ0) is 17.1. The minimum Gasteiger partial charge on any atom is -0.352 e. The molecule has 3 nitrogen and oxygen atoms in total.